The van der Waals surface area contributed by atoms with Gasteiger partial charge in [0.1, 0.15) is 0 Å². The molecule has 0 aromatic carbocycles. The quantitative estimate of drug-likeness (QED) is 0.793. The van der Waals surface area contributed by atoms with Crippen LogP contribution in [0.1, 0.15) is 52.9 Å². The molecule has 0 radical (unpaired) electrons. The van der Waals surface area contributed by atoms with Crippen molar-refractivity contribution in [2.45, 2.75) is 65.0 Å². The van der Waals surface area contributed by atoms with Gasteiger partial charge >= 0.3 is 0 Å². The summed E-state index contributed by atoms with van der Waals surface area (Å²) >= 11 is 0. The lowest BCUT2D eigenvalue weighted by Crippen LogP contribution is -2.49. The predicted molar refractivity (Wildman–Crippen MR) is 69.7 cm³/mol. The van der Waals surface area contributed by atoms with Crippen molar-refractivity contribution in [1.29, 1.82) is 0 Å². The lowest BCUT2D eigenvalue weighted by molar-refractivity contribution is 0.132. The Kier molecular flexibility index (Phi) is 3.91. The van der Waals surface area contributed by atoms with Gasteiger partial charge < -0.3 is 5.32 Å². The van der Waals surface area contributed by atoms with Crippen LogP contribution >= 0.6 is 0 Å². The zero-order valence-corrected chi connectivity index (χ0v) is 11.3. The highest BCUT2D eigenvalue weighted by Crippen LogP contribution is 2.39. The van der Waals surface area contributed by atoms with E-state index in [4.69, 9.17) is 0 Å². The van der Waals surface area contributed by atoms with E-state index < -0.39 is 0 Å². The molecular formula is C14H28N2. The molecule has 1 aliphatic heterocycles. The van der Waals surface area contributed by atoms with Crippen molar-refractivity contribution in [1.82, 2.24) is 10.2 Å². The number of nitrogens with zero attached hydrogens (tertiary/aromatic N) is 1. The van der Waals surface area contributed by atoms with Gasteiger partial charge in [-0.15, -0.1) is 0 Å². The van der Waals surface area contributed by atoms with Crippen LogP contribution in [0.25, 0.3) is 0 Å². The summed E-state index contributed by atoms with van der Waals surface area (Å²) in [6.07, 6.45) is 7.01. The van der Waals surface area contributed by atoms with Crippen LogP contribution in [0.5, 0.6) is 0 Å². The van der Waals surface area contributed by atoms with Crippen LogP contribution in [0.4, 0.5) is 0 Å². The Morgan fingerprint density at radius 1 is 1.31 bits per heavy atom. The van der Waals surface area contributed by atoms with Gasteiger partial charge in [0.15, 0.2) is 0 Å². The molecule has 2 aliphatic rings. The first-order valence-electron chi connectivity index (χ1n) is 7.08. The minimum atomic E-state index is 0.593. The van der Waals surface area contributed by atoms with Crippen molar-refractivity contribution in [3.63, 3.8) is 0 Å². The number of piperidine rings is 1. The van der Waals surface area contributed by atoms with Gasteiger partial charge in [-0.1, -0.05) is 20.8 Å². The summed E-state index contributed by atoms with van der Waals surface area (Å²) in [5.74, 6) is 0. The standard InChI is InChI=1S/C14H28N2/c1-4-15-12-6-5-9-16(11-12)13-7-8-14(2,3)10-13/h12-13,15H,4-11H2,1-3H3. The Labute approximate surface area is 101 Å². The molecule has 0 aromatic heterocycles. The minimum absolute atomic E-state index is 0.593. The van der Waals surface area contributed by atoms with E-state index in [1.807, 2.05) is 0 Å². The smallest absolute Gasteiger partial charge is 0.0195 e. The highest BCUT2D eigenvalue weighted by atomic mass is 15.2. The van der Waals surface area contributed by atoms with Crippen molar-refractivity contribution < 1.29 is 0 Å². The largest absolute Gasteiger partial charge is 0.313 e. The Morgan fingerprint density at radius 2 is 2.12 bits per heavy atom. The number of nitrogens with one attached hydrogen (secondary N) is 1. The van der Waals surface area contributed by atoms with Crippen molar-refractivity contribution in [3.8, 4) is 0 Å². The highest BCUT2D eigenvalue weighted by molar-refractivity contribution is 4.91. The van der Waals surface area contributed by atoms with Crippen LogP contribution in [0.15, 0.2) is 0 Å². The molecule has 94 valence electrons. The van der Waals surface area contributed by atoms with Gasteiger partial charge in [-0.25, -0.2) is 0 Å². The molecule has 16 heavy (non-hydrogen) atoms. The molecule has 2 fully saturated rings. The topological polar surface area (TPSA) is 15.3 Å². The summed E-state index contributed by atoms with van der Waals surface area (Å²) < 4.78 is 0. The Hall–Kier alpha value is -0.0800. The predicted octanol–water partition coefficient (Wildman–Crippen LogP) is 2.64. The fourth-order valence-corrected chi connectivity index (χ4v) is 3.50. The number of likely N-dealkylation sites (tertiary alicyclic amines) is 1. The molecule has 0 aromatic rings. The molecule has 0 amide bonds. The summed E-state index contributed by atoms with van der Waals surface area (Å²) in [6, 6.07) is 1.62. The van der Waals surface area contributed by atoms with Crippen LogP contribution in [0, 0.1) is 5.41 Å². The molecule has 1 saturated heterocycles. The Balaban J connectivity index is 1.85. The molecule has 1 aliphatic carbocycles. The monoisotopic (exact) mass is 224 g/mol. The zero-order chi connectivity index (χ0) is 11.6. The summed E-state index contributed by atoms with van der Waals surface area (Å²) in [7, 11) is 0. The van der Waals surface area contributed by atoms with E-state index in [0.717, 1.165) is 18.6 Å². The van der Waals surface area contributed by atoms with Gasteiger partial charge in [-0.2, -0.15) is 0 Å². The summed E-state index contributed by atoms with van der Waals surface area (Å²) in [5.41, 5.74) is 0.593. The third kappa shape index (κ3) is 2.98. The van der Waals surface area contributed by atoms with Gasteiger partial charge in [0.2, 0.25) is 0 Å². The molecule has 0 spiro atoms. The van der Waals surface area contributed by atoms with E-state index in [0.29, 0.717) is 5.41 Å². The molecule has 2 unspecified atom stereocenters. The molecule has 2 atom stereocenters. The van der Waals surface area contributed by atoms with E-state index in [2.05, 4.69) is 31.0 Å². The maximum atomic E-state index is 3.62. The molecule has 2 rings (SSSR count). The zero-order valence-electron chi connectivity index (χ0n) is 11.3. The summed E-state index contributed by atoms with van der Waals surface area (Å²) in [6.45, 7) is 10.8. The second-order valence-electron chi connectivity index (χ2n) is 6.45. The van der Waals surface area contributed by atoms with E-state index in [1.165, 1.54) is 45.2 Å². The SMILES string of the molecule is CCNC1CCCN(C2CCC(C)(C)C2)C1. The summed E-state index contributed by atoms with van der Waals surface area (Å²) in [5, 5.41) is 3.62. The molecule has 2 nitrogen and oxygen atoms in total. The van der Waals surface area contributed by atoms with Crippen LogP contribution in [-0.2, 0) is 0 Å². The Bertz CT molecular complexity index is 223. The maximum absolute atomic E-state index is 3.62. The van der Waals surface area contributed by atoms with Crippen LogP contribution < -0.4 is 5.32 Å². The molecule has 1 saturated carbocycles. The van der Waals surface area contributed by atoms with Gasteiger partial charge in [-0.3, -0.25) is 4.90 Å². The van der Waals surface area contributed by atoms with Crippen LogP contribution in [0.2, 0.25) is 0 Å². The lowest BCUT2D eigenvalue weighted by atomic mass is 9.91. The summed E-state index contributed by atoms with van der Waals surface area (Å²) in [4.78, 5) is 2.76. The molecular weight excluding hydrogens is 196 g/mol. The van der Waals surface area contributed by atoms with Gasteiger partial charge in [0.05, 0.1) is 0 Å². The number of hydrogen-bond acceptors (Lipinski definition) is 2. The fourth-order valence-electron chi connectivity index (χ4n) is 3.50. The van der Waals surface area contributed by atoms with Crippen molar-refractivity contribution in [3.05, 3.63) is 0 Å². The first-order chi connectivity index (χ1) is 7.61. The second-order valence-corrected chi connectivity index (χ2v) is 6.45. The normalized spacial score (nSPS) is 35.4. The number of likely N-dealkylation sites (N-methyl/N-ethyl adjacent to an activating group) is 1. The first-order valence-corrected chi connectivity index (χ1v) is 7.08. The number of hydrogen-bond donors (Lipinski definition) is 1. The maximum Gasteiger partial charge on any atom is 0.0195 e. The molecule has 1 N–H and O–H groups in total. The molecule has 1 heterocycles. The second kappa shape index (κ2) is 5.05. The van der Waals surface area contributed by atoms with Gasteiger partial charge in [-0.05, 0) is 50.6 Å². The third-order valence-corrected chi connectivity index (χ3v) is 4.40. The fraction of sp³-hybridized carbons (Fsp3) is 1.00. The van der Waals surface area contributed by atoms with Gasteiger partial charge in [0, 0.05) is 18.6 Å². The number of rotatable bonds is 3. The van der Waals surface area contributed by atoms with Crippen molar-refractivity contribution in [2.75, 3.05) is 19.6 Å². The Morgan fingerprint density at radius 3 is 2.75 bits per heavy atom. The average Bonchev–Trinajstić information content (AvgIpc) is 2.60. The van der Waals surface area contributed by atoms with Crippen LogP contribution in [0.3, 0.4) is 0 Å². The van der Waals surface area contributed by atoms with E-state index in [-0.39, 0.29) is 0 Å². The molecule has 0 bridgehead atoms. The van der Waals surface area contributed by atoms with Crippen LogP contribution in [-0.4, -0.2) is 36.6 Å². The van der Waals surface area contributed by atoms with E-state index in [9.17, 15) is 0 Å². The minimum Gasteiger partial charge on any atom is -0.313 e. The van der Waals surface area contributed by atoms with Gasteiger partial charge in [0.25, 0.3) is 0 Å². The van der Waals surface area contributed by atoms with Crippen molar-refractivity contribution >= 4 is 0 Å². The van der Waals surface area contributed by atoms with E-state index >= 15 is 0 Å². The highest BCUT2D eigenvalue weighted by Gasteiger charge is 2.35. The van der Waals surface area contributed by atoms with Crippen molar-refractivity contribution in [2.24, 2.45) is 5.41 Å². The third-order valence-electron chi connectivity index (χ3n) is 4.40. The van der Waals surface area contributed by atoms with E-state index in [1.54, 1.807) is 0 Å². The first kappa shape index (κ1) is 12.4. The average molecular weight is 224 g/mol. The lowest BCUT2D eigenvalue weighted by Gasteiger charge is -2.37. The molecule has 2 heteroatoms.